The van der Waals surface area contributed by atoms with E-state index >= 15 is 0 Å². The summed E-state index contributed by atoms with van der Waals surface area (Å²) >= 11 is 0. The SMILES string of the molecule is CCOC(=O)C1CCN(c2ncc(NC)c3ccccc23)CC1. The molecule has 0 spiro atoms. The van der Waals surface area contributed by atoms with E-state index in [4.69, 9.17) is 4.74 Å². The van der Waals surface area contributed by atoms with Crippen molar-refractivity contribution in [2.45, 2.75) is 19.8 Å². The maximum atomic E-state index is 11.9. The second-order valence-corrected chi connectivity index (χ2v) is 5.80. The van der Waals surface area contributed by atoms with Crippen molar-refractivity contribution in [3.05, 3.63) is 30.5 Å². The topological polar surface area (TPSA) is 54.5 Å². The van der Waals surface area contributed by atoms with E-state index in [1.54, 1.807) is 0 Å². The summed E-state index contributed by atoms with van der Waals surface area (Å²) in [5, 5.41) is 5.51. The van der Waals surface area contributed by atoms with Crippen molar-refractivity contribution in [3.63, 3.8) is 0 Å². The minimum absolute atomic E-state index is 0.0223. The van der Waals surface area contributed by atoms with Crippen LogP contribution in [0.1, 0.15) is 19.8 Å². The number of nitrogens with zero attached hydrogens (tertiary/aromatic N) is 2. The fourth-order valence-electron chi connectivity index (χ4n) is 3.22. The number of rotatable bonds is 4. The number of piperidine rings is 1. The number of anilines is 2. The van der Waals surface area contributed by atoms with E-state index < -0.39 is 0 Å². The Morgan fingerprint density at radius 3 is 2.65 bits per heavy atom. The summed E-state index contributed by atoms with van der Waals surface area (Å²) in [6.45, 7) is 3.97. The van der Waals surface area contributed by atoms with Gasteiger partial charge in [0.05, 0.1) is 24.4 Å². The van der Waals surface area contributed by atoms with Crippen LogP contribution >= 0.6 is 0 Å². The number of hydrogen-bond acceptors (Lipinski definition) is 5. The zero-order valence-electron chi connectivity index (χ0n) is 13.7. The molecule has 0 atom stereocenters. The van der Waals surface area contributed by atoms with E-state index in [2.05, 4.69) is 27.3 Å². The molecule has 2 aromatic rings. The van der Waals surface area contributed by atoms with Crippen molar-refractivity contribution in [1.29, 1.82) is 0 Å². The van der Waals surface area contributed by atoms with Crippen molar-refractivity contribution in [2.75, 3.05) is 37.0 Å². The molecule has 23 heavy (non-hydrogen) atoms. The highest BCUT2D eigenvalue weighted by Gasteiger charge is 2.27. The highest BCUT2D eigenvalue weighted by molar-refractivity contribution is 6.00. The molecule has 0 unspecified atom stereocenters. The molecule has 0 saturated carbocycles. The van der Waals surface area contributed by atoms with E-state index in [9.17, 15) is 4.79 Å². The molecular weight excluding hydrogens is 290 g/mol. The van der Waals surface area contributed by atoms with Crippen molar-refractivity contribution in [1.82, 2.24) is 4.98 Å². The predicted molar refractivity (Wildman–Crippen MR) is 92.9 cm³/mol. The quantitative estimate of drug-likeness (QED) is 0.879. The van der Waals surface area contributed by atoms with Gasteiger partial charge >= 0.3 is 5.97 Å². The monoisotopic (exact) mass is 313 g/mol. The average Bonchev–Trinajstić information content (AvgIpc) is 2.61. The molecule has 2 heterocycles. The Kier molecular flexibility index (Phi) is 4.65. The van der Waals surface area contributed by atoms with Crippen molar-refractivity contribution in [3.8, 4) is 0 Å². The molecule has 3 rings (SSSR count). The number of benzene rings is 1. The summed E-state index contributed by atoms with van der Waals surface area (Å²) in [7, 11) is 1.91. The number of aromatic nitrogens is 1. The van der Waals surface area contributed by atoms with Gasteiger partial charge in [-0.05, 0) is 19.8 Å². The second kappa shape index (κ2) is 6.86. The van der Waals surface area contributed by atoms with Crippen LogP contribution in [0.5, 0.6) is 0 Å². The Bertz CT molecular complexity index is 694. The van der Waals surface area contributed by atoms with E-state index in [0.29, 0.717) is 6.61 Å². The van der Waals surface area contributed by atoms with E-state index in [1.807, 2.05) is 32.3 Å². The lowest BCUT2D eigenvalue weighted by Gasteiger charge is -2.32. The Hall–Kier alpha value is -2.30. The van der Waals surface area contributed by atoms with E-state index in [-0.39, 0.29) is 11.9 Å². The molecule has 0 bridgehead atoms. The highest BCUT2D eigenvalue weighted by atomic mass is 16.5. The fraction of sp³-hybridized carbons (Fsp3) is 0.444. The van der Waals surface area contributed by atoms with Gasteiger partial charge in [-0.1, -0.05) is 24.3 Å². The normalized spacial score (nSPS) is 15.7. The number of carbonyl (C=O) groups excluding carboxylic acids is 1. The van der Waals surface area contributed by atoms with Crippen molar-refractivity contribution < 1.29 is 9.53 Å². The van der Waals surface area contributed by atoms with Gasteiger partial charge in [0.1, 0.15) is 5.82 Å². The number of esters is 1. The van der Waals surface area contributed by atoms with Gasteiger partial charge < -0.3 is 15.0 Å². The molecule has 1 aliphatic rings. The third-order valence-electron chi connectivity index (χ3n) is 4.46. The first-order valence-corrected chi connectivity index (χ1v) is 8.21. The molecule has 0 aliphatic carbocycles. The molecule has 1 aromatic carbocycles. The van der Waals surface area contributed by atoms with E-state index in [0.717, 1.165) is 42.8 Å². The van der Waals surface area contributed by atoms with Gasteiger partial charge in [0, 0.05) is 30.9 Å². The number of nitrogens with one attached hydrogen (secondary N) is 1. The second-order valence-electron chi connectivity index (χ2n) is 5.80. The molecule has 5 heteroatoms. The van der Waals surface area contributed by atoms with Crippen LogP contribution in [-0.2, 0) is 9.53 Å². The zero-order chi connectivity index (χ0) is 16.2. The molecule has 122 valence electrons. The largest absolute Gasteiger partial charge is 0.466 e. The van der Waals surface area contributed by atoms with Gasteiger partial charge in [0.2, 0.25) is 0 Å². The first-order chi connectivity index (χ1) is 11.2. The van der Waals surface area contributed by atoms with Crippen LogP contribution in [0.3, 0.4) is 0 Å². The fourth-order valence-corrected chi connectivity index (χ4v) is 3.22. The summed E-state index contributed by atoms with van der Waals surface area (Å²) in [6.07, 6.45) is 3.53. The van der Waals surface area contributed by atoms with Crippen LogP contribution in [0.2, 0.25) is 0 Å². The molecule has 1 fully saturated rings. The molecule has 0 radical (unpaired) electrons. The maximum absolute atomic E-state index is 11.9. The van der Waals surface area contributed by atoms with Gasteiger partial charge in [-0.3, -0.25) is 4.79 Å². The molecular formula is C18H23N3O2. The van der Waals surface area contributed by atoms with E-state index in [1.165, 1.54) is 5.39 Å². The standard InChI is InChI=1S/C18H23N3O2/c1-3-23-18(22)13-8-10-21(11-9-13)17-15-7-5-4-6-14(15)16(19-2)12-20-17/h4-7,12-13,19H,3,8-11H2,1-2H3. The molecule has 1 saturated heterocycles. The third kappa shape index (κ3) is 3.09. The van der Waals surface area contributed by atoms with Crippen LogP contribution in [0.25, 0.3) is 10.8 Å². The zero-order valence-corrected chi connectivity index (χ0v) is 13.7. The number of carbonyl (C=O) groups is 1. The summed E-state index contributed by atoms with van der Waals surface area (Å²) in [5.74, 6) is 0.964. The smallest absolute Gasteiger partial charge is 0.309 e. The van der Waals surface area contributed by atoms with Crippen LogP contribution in [0.15, 0.2) is 30.5 Å². The number of ether oxygens (including phenoxy) is 1. The summed E-state index contributed by atoms with van der Waals surface area (Å²) < 4.78 is 5.14. The van der Waals surface area contributed by atoms with Crippen LogP contribution < -0.4 is 10.2 Å². The van der Waals surface area contributed by atoms with Crippen molar-refractivity contribution >= 4 is 28.2 Å². The number of fused-ring (bicyclic) bond motifs is 1. The number of pyridine rings is 1. The van der Waals surface area contributed by atoms with Crippen LogP contribution in [0.4, 0.5) is 11.5 Å². The van der Waals surface area contributed by atoms with Crippen LogP contribution in [0, 0.1) is 5.92 Å². The first-order valence-electron chi connectivity index (χ1n) is 8.21. The minimum Gasteiger partial charge on any atom is -0.466 e. The van der Waals surface area contributed by atoms with Crippen LogP contribution in [-0.4, -0.2) is 37.7 Å². The Labute approximate surface area is 136 Å². The maximum Gasteiger partial charge on any atom is 0.309 e. The van der Waals surface area contributed by atoms with Gasteiger partial charge in [-0.2, -0.15) is 0 Å². The summed E-state index contributed by atoms with van der Waals surface area (Å²) in [5.41, 5.74) is 1.03. The Morgan fingerprint density at radius 2 is 2.00 bits per heavy atom. The van der Waals surface area contributed by atoms with Crippen molar-refractivity contribution in [2.24, 2.45) is 5.92 Å². The van der Waals surface area contributed by atoms with Gasteiger partial charge in [0.15, 0.2) is 0 Å². The Balaban J connectivity index is 1.81. The summed E-state index contributed by atoms with van der Waals surface area (Å²) in [6, 6.07) is 8.30. The lowest BCUT2D eigenvalue weighted by atomic mass is 9.96. The molecule has 0 amide bonds. The number of hydrogen-bond donors (Lipinski definition) is 1. The lowest BCUT2D eigenvalue weighted by Crippen LogP contribution is -2.37. The first kappa shape index (κ1) is 15.6. The minimum atomic E-state index is -0.0597. The molecule has 1 aromatic heterocycles. The highest BCUT2D eigenvalue weighted by Crippen LogP contribution is 2.32. The molecule has 5 nitrogen and oxygen atoms in total. The lowest BCUT2D eigenvalue weighted by molar-refractivity contribution is -0.148. The molecule has 1 aliphatic heterocycles. The predicted octanol–water partition coefficient (Wildman–Crippen LogP) is 3.06. The molecule has 1 N–H and O–H groups in total. The Morgan fingerprint density at radius 1 is 1.30 bits per heavy atom. The average molecular weight is 313 g/mol. The van der Waals surface area contributed by atoms with Gasteiger partial charge in [0.25, 0.3) is 0 Å². The third-order valence-corrected chi connectivity index (χ3v) is 4.46. The van der Waals surface area contributed by atoms with Gasteiger partial charge in [-0.25, -0.2) is 4.98 Å². The van der Waals surface area contributed by atoms with Gasteiger partial charge in [-0.15, -0.1) is 0 Å². The summed E-state index contributed by atoms with van der Waals surface area (Å²) in [4.78, 5) is 18.8.